The lowest BCUT2D eigenvalue weighted by Crippen LogP contribution is -2.75. The summed E-state index contributed by atoms with van der Waals surface area (Å²) in [6.45, 7) is -0.228. The fourth-order valence-corrected chi connectivity index (χ4v) is 15.8. The lowest BCUT2D eigenvalue weighted by atomic mass is 10.2. The van der Waals surface area contributed by atoms with Crippen molar-refractivity contribution in [2.24, 2.45) is 0 Å². The quantitative estimate of drug-likeness (QED) is 0.148. The van der Waals surface area contributed by atoms with E-state index in [-0.39, 0.29) is 0 Å². The van der Waals surface area contributed by atoms with E-state index in [0.29, 0.717) is 11.5 Å². The molecular formula is C45H35N3OSi2. The van der Waals surface area contributed by atoms with E-state index in [9.17, 15) is 0 Å². The minimum atomic E-state index is -3.34. The van der Waals surface area contributed by atoms with Crippen molar-refractivity contribution in [2.75, 3.05) is 0 Å². The molecule has 0 saturated carbocycles. The van der Waals surface area contributed by atoms with Crippen molar-refractivity contribution in [2.45, 2.75) is 13.0 Å². The molecule has 244 valence electrons. The molecule has 1 aliphatic heterocycles. The second-order valence-electron chi connectivity index (χ2n) is 13.5. The average Bonchev–Trinajstić information content (AvgIpc) is 3.74. The summed E-state index contributed by atoms with van der Waals surface area (Å²) in [5.41, 5.74) is 5.14. The zero-order valence-electron chi connectivity index (χ0n) is 31.0. The van der Waals surface area contributed by atoms with E-state index in [0.717, 1.165) is 54.3 Å². The molecule has 0 bridgehead atoms. The van der Waals surface area contributed by atoms with Gasteiger partial charge in [-0.05, 0) is 73.6 Å². The van der Waals surface area contributed by atoms with E-state index < -0.39 is 22.6 Å². The Morgan fingerprint density at radius 2 is 1.20 bits per heavy atom. The predicted octanol–water partition coefficient (Wildman–Crippen LogP) is 6.74. The molecule has 0 fully saturated rings. The number of nitrogens with zero attached hydrogens (tertiary/aromatic N) is 3. The van der Waals surface area contributed by atoms with Gasteiger partial charge in [0.15, 0.2) is 8.07 Å². The Labute approximate surface area is 303 Å². The van der Waals surface area contributed by atoms with Gasteiger partial charge in [-0.25, -0.2) is 4.98 Å². The lowest BCUT2D eigenvalue weighted by molar-refractivity contribution is 0.490. The molecule has 1 unspecified atom stereocenters. The second kappa shape index (κ2) is 11.3. The third-order valence-electron chi connectivity index (χ3n) is 10.7. The van der Waals surface area contributed by atoms with E-state index in [4.69, 9.17) is 13.8 Å². The van der Waals surface area contributed by atoms with Crippen LogP contribution < -0.4 is 35.9 Å². The summed E-state index contributed by atoms with van der Waals surface area (Å²) in [7, 11) is -6.60. The van der Waals surface area contributed by atoms with Gasteiger partial charge >= 0.3 is 0 Å². The van der Waals surface area contributed by atoms with Crippen LogP contribution in [0.4, 0.5) is 0 Å². The van der Waals surface area contributed by atoms with E-state index in [1.807, 2.05) is 42.9 Å². The smallest absolute Gasteiger partial charge is 0.220 e. The Hall–Kier alpha value is -5.96. The van der Waals surface area contributed by atoms with E-state index in [2.05, 4.69) is 148 Å². The fraction of sp³-hybridized carbons (Fsp3) is 0.0444. The molecule has 6 heteroatoms. The number of imidazole rings is 2. The molecule has 0 aliphatic carbocycles. The van der Waals surface area contributed by atoms with Crippen LogP contribution in [-0.2, 0) is 0 Å². The van der Waals surface area contributed by atoms with Crippen LogP contribution in [0, 0.1) is 0 Å². The molecule has 1 aliphatic rings. The first-order valence-electron chi connectivity index (χ1n) is 18.8. The third kappa shape index (κ3) is 4.27. The van der Waals surface area contributed by atoms with Gasteiger partial charge in [-0.2, -0.15) is 0 Å². The highest BCUT2D eigenvalue weighted by molar-refractivity contribution is 7.20. The molecule has 3 heterocycles. The van der Waals surface area contributed by atoms with E-state index in [1.165, 1.54) is 10.4 Å². The Balaban J connectivity index is 1.32. The molecule has 7 aromatic carbocycles. The first-order chi connectivity index (χ1) is 26.3. The van der Waals surface area contributed by atoms with Gasteiger partial charge in [0.05, 0.1) is 22.1 Å². The number of hydrogen-bond acceptors (Lipinski definition) is 2. The van der Waals surface area contributed by atoms with Crippen molar-refractivity contribution in [1.29, 1.82) is 0 Å². The molecular weight excluding hydrogens is 655 g/mol. The SMILES string of the molecule is [2H]C([2H])([2H])[Si]1(C)c2ccccc2Oc2c([Si](c3ccccc3)(c3ccccc3)c3cccc(-n4c5ccccc5n5c6ccccc6nc45)c3)cccc21. The molecule has 0 spiro atoms. The van der Waals surface area contributed by atoms with E-state index in [1.54, 1.807) is 0 Å². The molecule has 0 amide bonds. The van der Waals surface area contributed by atoms with Crippen molar-refractivity contribution in [3.8, 4) is 17.2 Å². The maximum absolute atomic E-state index is 9.02. The van der Waals surface area contributed by atoms with Crippen molar-refractivity contribution in [1.82, 2.24) is 14.0 Å². The minimum absolute atomic E-state index is 0.632. The van der Waals surface area contributed by atoms with Gasteiger partial charge < -0.3 is 4.74 Å². The van der Waals surface area contributed by atoms with Crippen LogP contribution >= 0.6 is 0 Å². The Kier molecular flexibility index (Phi) is 5.94. The summed E-state index contributed by atoms with van der Waals surface area (Å²) in [6, 6.07) is 61.1. The molecule has 4 nitrogen and oxygen atoms in total. The number of para-hydroxylation sites is 6. The largest absolute Gasteiger partial charge is 0.458 e. The molecule has 0 N–H and O–H groups in total. The van der Waals surface area contributed by atoms with Gasteiger partial charge in [0.2, 0.25) is 5.78 Å². The summed E-state index contributed by atoms with van der Waals surface area (Å²) in [4.78, 5) is 5.18. The van der Waals surface area contributed by atoms with Gasteiger partial charge in [-0.1, -0.05) is 146 Å². The Morgan fingerprint density at radius 3 is 1.96 bits per heavy atom. The summed E-state index contributed by atoms with van der Waals surface area (Å²) in [5, 5.41) is 6.14. The Bertz CT molecular complexity index is 2850. The molecule has 1 atom stereocenters. The first kappa shape index (κ1) is 26.9. The number of ether oxygens (including phenoxy) is 1. The number of hydrogen-bond donors (Lipinski definition) is 0. The molecule has 10 rings (SSSR count). The highest BCUT2D eigenvalue weighted by Crippen LogP contribution is 2.31. The molecule has 9 aromatic rings. The first-order valence-corrected chi connectivity index (χ1v) is 21.8. The standard InChI is InChI=1S/C45H35N3OSi2/c1-50(2)41-28-14-13-27-40(41)49-44-42(50)29-16-30-43(44)51(33-18-5-3-6-19-33,34-20-7-4-8-21-34)35-22-15-17-32(31-35)47-38-25-11-12-26-39(38)48-37-24-10-9-23-36(37)46-45(47)48/h3-31H,1-2H3/i1D3. The normalized spacial score (nSPS) is 16.6. The highest BCUT2D eigenvalue weighted by atomic mass is 28.3. The van der Waals surface area contributed by atoms with E-state index >= 15 is 0 Å². The van der Waals surface area contributed by atoms with Crippen LogP contribution in [0.2, 0.25) is 13.0 Å². The lowest BCUT2D eigenvalue weighted by Gasteiger charge is -2.40. The maximum atomic E-state index is 9.02. The van der Waals surface area contributed by atoms with Crippen molar-refractivity contribution in [3.63, 3.8) is 0 Å². The zero-order valence-corrected chi connectivity index (χ0v) is 30.0. The molecule has 0 radical (unpaired) electrons. The molecule has 2 aromatic heterocycles. The number of aromatic nitrogens is 3. The third-order valence-corrected chi connectivity index (χ3v) is 18.4. The monoisotopic (exact) mass is 692 g/mol. The average molecular weight is 693 g/mol. The van der Waals surface area contributed by atoms with Crippen LogP contribution in [0.3, 0.4) is 0 Å². The van der Waals surface area contributed by atoms with Crippen LogP contribution in [-0.4, -0.2) is 30.1 Å². The minimum Gasteiger partial charge on any atom is -0.458 e. The Morgan fingerprint density at radius 1 is 0.588 bits per heavy atom. The van der Waals surface area contributed by atoms with Crippen molar-refractivity contribution >= 4 is 75.1 Å². The van der Waals surface area contributed by atoms with Gasteiger partial charge in [-0.15, -0.1) is 0 Å². The summed E-state index contributed by atoms with van der Waals surface area (Å²) in [5.74, 6) is 2.16. The van der Waals surface area contributed by atoms with Gasteiger partial charge in [0.25, 0.3) is 0 Å². The van der Waals surface area contributed by atoms with Crippen LogP contribution in [0.15, 0.2) is 176 Å². The summed E-state index contributed by atoms with van der Waals surface area (Å²) < 4.78 is 38.6. The highest BCUT2D eigenvalue weighted by Gasteiger charge is 2.47. The molecule has 0 saturated heterocycles. The summed E-state index contributed by atoms with van der Waals surface area (Å²) in [6.07, 6.45) is 0. The number of fused-ring (bicyclic) bond motifs is 7. The summed E-state index contributed by atoms with van der Waals surface area (Å²) >= 11 is 0. The van der Waals surface area contributed by atoms with Crippen molar-refractivity contribution < 1.29 is 8.85 Å². The van der Waals surface area contributed by atoms with Gasteiger partial charge in [-0.3, -0.25) is 8.97 Å². The van der Waals surface area contributed by atoms with Crippen molar-refractivity contribution in [3.05, 3.63) is 176 Å². The van der Waals surface area contributed by atoms with Crippen LogP contribution in [0.25, 0.3) is 33.5 Å². The fourth-order valence-electron chi connectivity index (χ4n) is 8.39. The van der Waals surface area contributed by atoms with Gasteiger partial charge in [0, 0.05) is 9.80 Å². The maximum Gasteiger partial charge on any atom is 0.220 e. The topological polar surface area (TPSA) is 31.5 Å². The second-order valence-corrected chi connectivity index (χ2v) is 20.6. The predicted molar refractivity (Wildman–Crippen MR) is 216 cm³/mol. The zero-order chi connectivity index (χ0) is 36.7. The van der Waals surface area contributed by atoms with Crippen LogP contribution in [0.5, 0.6) is 11.5 Å². The number of rotatable bonds is 5. The van der Waals surface area contributed by atoms with Gasteiger partial charge in [0.1, 0.15) is 19.6 Å². The number of benzene rings is 7. The van der Waals surface area contributed by atoms with Crippen LogP contribution in [0.1, 0.15) is 4.11 Å². The molecule has 51 heavy (non-hydrogen) atoms.